The number of nitrogens with zero attached hydrogens (tertiary/aromatic N) is 3. The van der Waals surface area contributed by atoms with Crippen LogP contribution >= 0.6 is 0 Å². The van der Waals surface area contributed by atoms with E-state index in [2.05, 4.69) is 52.1 Å². The summed E-state index contributed by atoms with van der Waals surface area (Å²) in [5, 5.41) is 6.05. The summed E-state index contributed by atoms with van der Waals surface area (Å²) < 4.78 is 2.20. The van der Waals surface area contributed by atoms with E-state index < -0.39 is 0 Å². The zero-order valence-electron chi connectivity index (χ0n) is 27.2. The third kappa shape index (κ3) is 6.22. The van der Waals surface area contributed by atoms with Crippen molar-refractivity contribution in [3.05, 3.63) is 124 Å². The van der Waals surface area contributed by atoms with Gasteiger partial charge in [-0.05, 0) is 90.4 Å². The van der Waals surface area contributed by atoms with E-state index in [4.69, 9.17) is 0 Å². The van der Waals surface area contributed by atoms with Crippen LogP contribution in [0, 0.1) is 0 Å². The van der Waals surface area contributed by atoms with Gasteiger partial charge in [0.05, 0.1) is 5.54 Å². The molecule has 2 N–H and O–H groups in total. The van der Waals surface area contributed by atoms with Crippen molar-refractivity contribution in [1.82, 2.24) is 19.7 Å². The van der Waals surface area contributed by atoms with Gasteiger partial charge in [0.2, 0.25) is 0 Å². The molecular formula is C38H43N5O3. The van der Waals surface area contributed by atoms with Crippen LogP contribution in [0.15, 0.2) is 84.9 Å². The van der Waals surface area contributed by atoms with E-state index in [1.165, 1.54) is 23.2 Å². The highest BCUT2D eigenvalue weighted by Gasteiger charge is 2.48. The van der Waals surface area contributed by atoms with Gasteiger partial charge in [-0.15, -0.1) is 0 Å². The molecule has 6 rings (SSSR count). The second-order valence-corrected chi connectivity index (χ2v) is 13.1. The topological polar surface area (TPSA) is 86.7 Å². The molecule has 3 aromatic carbocycles. The number of hydrogen-bond donors (Lipinski definition) is 2. The van der Waals surface area contributed by atoms with Gasteiger partial charge in [-0.25, -0.2) is 0 Å². The largest absolute Gasteiger partial charge is 0.347 e. The molecule has 1 aromatic heterocycles. The Labute approximate surface area is 271 Å². The van der Waals surface area contributed by atoms with E-state index in [0.717, 1.165) is 38.0 Å². The molecule has 2 heterocycles. The fraction of sp³-hybridized carbons (Fsp3) is 0.342. The van der Waals surface area contributed by atoms with Crippen LogP contribution in [0.4, 0.5) is 5.69 Å². The molecule has 1 aliphatic carbocycles. The van der Waals surface area contributed by atoms with Crippen molar-refractivity contribution in [2.24, 2.45) is 0 Å². The maximum atomic E-state index is 13.4. The van der Waals surface area contributed by atoms with E-state index in [-0.39, 0.29) is 23.3 Å². The number of aromatic nitrogens is 1. The van der Waals surface area contributed by atoms with Gasteiger partial charge in [0.1, 0.15) is 5.69 Å². The zero-order chi connectivity index (χ0) is 32.4. The van der Waals surface area contributed by atoms with Crippen LogP contribution in [0.5, 0.6) is 0 Å². The average molecular weight is 618 g/mol. The summed E-state index contributed by atoms with van der Waals surface area (Å²) in [6.45, 7) is 7.07. The lowest BCUT2D eigenvalue weighted by Crippen LogP contribution is -2.56. The van der Waals surface area contributed by atoms with Gasteiger partial charge in [-0.1, -0.05) is 50.2 Å². The van der Waals surface area contributed by atoms with E-state index in [9.17, 15) is 14.4 Å². The molecule has 8 heteroatoms. The van der Waals surface area contributed by atoms with Crippen LogP contribution in [0.25, 0.3) is 0 Å². The van der Waals surface area contributed by atoms with E-state index in [1.807, 2.05) is 66.7 Å². The zero-order valence-corrected chi connectivity index (χ0v) is 27.2. The number of rotatable bonds is 9. The summed E-state index contributed by atoms with van der Waals surface area (Å²) in [5.41, 5.74) is 7.21. The van der Waals surface area contributed by atoms with Crippen molar-refractivity contribution in [3.8, 4) is 0 Å². The highest BCUT2D eigenvalue weighted by Crippen LogP contribution is 2.49. The smallest absolute Gasteiger partial charge is 0.268 e. The van der Waals surface area contributed by atoms with Gasteiger partial charge >= 0.3 is 0 Å². The number of fused-ring (bicyclic) bond motifs is 2. The molecule has 1 fully saturated rings. The number of benzene rings is 3. The first-order valence-corrected chi connectivity index (χ1v) is 16.2. The number of carbonyl (C=O) groups is 3. The van der Waals surface area contributed by atoms with Crippen molar-refractivity contribution in [2.75, 3.05) is 26.0 Å². The van der Waals surface area contributed by atoms with Gasteiger partial charge in [0.15, 0.2) is 0 Å². The number of amides is 3. The molecule has 1 aliphatic heterocycles. The molecule has 0 atom stereocenters. The van der Waals surface area contributed by atoms with Crippen LogP contribution < -0.4 is 10.6 Å². The number of nitrogens with one attached hydrogen (secondary N) is 2. The lowest BCUT2D eigenvalue weighted by Gasteiger charge is -2.53. The quantitative estimate of drug-likeness (QED) is 0.228. The van der Waals surface area contributed by atoms with E-state index >= 15 is 0 Å². The molecule has 0 unspecified atom stereocenters. The Morgan fingerprint density at radius 2 is 1.43 bits per heavy atom. The normalized spacial score (nSPS) is 15.2. The first-order chi connectivity index (χ1) is 22.1. The summed E-state index contributed by atoms with van der Waals surface area (Å²) in [5.74, 6) is 0.193. The summed E-state index contributed by atoms with van der Waals surface area (Å²) in [4.78, 5) is 42.5. The Kier molecular flexibility index (Phi) is 8.82. The summed E-state index contributed by atoms with van der Waals surface area (Å²) >= 11 is 0. The van der Waals surface area contributed by atoms with Gasteiger partial charge in [-0.2, -0.15) is 0 Å². The summed E-state index contributed by atoms with van der Waals surface area (Å²) in [6.07, 6.45) is 3.31. The molecule has 2 aliphatic rings. The van der Waals surface area contributed by atoms with Crippen molar-refractivity contribution >= 4 is 23.4 Å². The molecule has 8 nitrogen and oxygen atoms in total. The van der Waals surface area contributed by atoms with Crippen LogP contribution in [-0.2, 0) is 25.2 Å². The molecule has 0 bridgehead atoms. The van der Waals surface area contributed by atoms with E-state index in [0.29, 0.717) is 35.0 Å². The standard InChI is InChI=1S/C38H43N5O3/c1-26(2)29-12-14-30(15-13-29)35(44)40-32-16-8-27(9-17-32)24-39-36(45)33-18-19-34-38(20-5-21-38)42(22-23-43(33)34)25-28-6-10-31(11-7-28)37(46)41(3)4/h6-19,26H,5,20-25H2,1-4H3,(H,39,45)(H,40,44). The van der Waals surface area contributed by atoms with Crippen LogP contribution in [0.2, 0.25) is 0 Å². The highest BCUT2D eigenvalue weighted by molar-refractivity contribution is 6.04. The summed E-state index contributed by atoms with van der Waals surface area (Å²) in [7, 11) is 3.53. The second kappa shape index (κ2) is 13.0. The molecule has 1 spiro atoms. The number of carbonyl (C=O) groups excluding carboxylic acids is 3. The van der Waals surface area contributed by atoms with Gasteiger partial charge < -0.3 is 20.1 Å². The lowest BCUT2D eigenvalue weighted by atomic mass is 9.71. The molecule has 3 amide bonds. The third-order valence-corrected chi connectivity index (χ3v) is 9.55. The fourth-order valence-corrected chi connectivity index (χ4v) is 6.66. The lowest BCUT2D eigenvalue weighted by molar-refractivity contribution is -0.0217. The third-order valence-electron chi connectivity index (χ3n) is 9.55. The first kappa shape index (κ1) is 31.3. The molecule has 4 aromatic rings. The minimum absolute atomic E-state index is 0.00750. The predicted molar refractivity (Wildman–Crippen MR) is 181 cm³/mol. The molecule has 0 radical (unpaired) electrons. The Bertz CT molecular complexity index is 1720. The summed E-state index contributed by atoms with van der Waals surface area (Å²) in [6, 6.07) is 27.3. The van der Waals surface area contributed by atoms with Crippen molar-refractivity contribution < 1.29 is 14.4 Å². The van der Waals surface area contributed by atoms with Gasteiger partial charge in [0.25, 0.3) is 17.7 Å². The Morgan fingerprint density at radius 3 is 2.04 bits per heavy atom. The van der Waals surface area contributed by atoms with Crippen molar-refractivity contribution in [1.29, 1.82) is 0 Å². The van der Waals surface area contributed by atoms with Crippen LogP contribution in [0.1, 0.15) is 92.6 Å². The van der Waals surface area contributed by atoms with E-state index in [1.54, 1.807) is 19.0 Å². The van der Waals surface area contributed by atoms with Gasteiger partial charge in [-0.3, -0.25) is 19.3 Å². The first-order valence-electron chi connectivity index (χ1n) is 16.2. The fourth-order valence-electron chi connectivity index (χ4n) is 6.66. The Balaban J connectivity index is 1.06. The van der Waals surface area contributed by atoms with Crippen molar-refractivity contribution in [2.45, 2.75) is 64.2 Å². The van der Waals surface area contributed by atoms with Crippen LogP contribution in [0.3, 0.4) is 0 Å². The molecular weight excluding hydrogens is 574 g/mol. The maximum Gasteiger partial charge on any atom is 0.268 e. The minimum Gasteiger partial charge on any atom is -0.347 e. The Hall–Kier alpha value is -4.69. The van der Waals surface area contributed by atoms with Crippen molar-refractivity contribution in [3.63, 3.8) is 0 Å². The predicted octanol–water partition coefficient (Wildman–Crippen LogP) is 6.39. The molecule has 238 valence electrons. The second-order valence-electron chi connectivity index (χ2n) is 13.1. The number of anilines is 1. The number of hydrogen-bond acceptors (Lipinski definition) is 4. The SMILES string of the molecule is CC(C)c1ccc(C(=O)Nc2ccc(CNC(=O)c3ccc4n3CCN(Cc3ccc(C(=O)N(C)C)cc3)C43CCC3)cc2)cc1. The highest BCUT2D eigenvalue weighted by atomic mass is 16.2. The van der Waals surface area contributed by atoms with Gasteiger partial charge in [0, 0.05) is 62.8 Å². The maximum absolute atomic E-state index is 13.4. The monoisotopic (exact) mass is 617 g/mol. The van der Waals surface area contributed by atoms with Crippen LogP contribution in [-0.4, -0.2) is 52.7 Å². The molecule has 1 saturated carbocycles. The molecule has 0 saturated heterocycles. The Morgan fingerprint density at radius 1 is 0.783 bits per heavy atom. The molecule has 46 heavy (non-hydrogen) atoms. The average Bonchev–Trinajstić information content (AvgIpc) is 3.48. The minimum atomic E-state index is -0.147.